The molecule has 128 valence electrons. The van der Waals surface area contributed by atoms with Crippen molar-refractivity contribution in [1.29, 1.82) is 0 Å². The lowest BCUT2D eigenvalue weighted by Crippen LogP contribution is -2.32. The van der Waals surface area contributed by atoms with Gasteiger partial charge in [-0.15, -0.1) is 0 Å². The van der Waals surface area contributed by atoms with Crippen LogP contribution in [0.3, 0.4) is 0 Å². The normalized spacial score (nSPS) is 11.4. The van der Waals surface area contributed by atoms with Gasteiger partial charge in [0.1, 0.15) is 5.69 Å². The van der Waals surface area contributed by atoms with Gasteiger partial charge in [0, 0.05) is 12.2 Å². The summed E-state index contributed by atoms with van der Waals surface area (Å²) in [6.45, 7) is 3.93. The number of rotatable bonds is 5. The number of alkyl halides is 3. The Hall–Kier alpha value is -2.37. The van der Waals surface area contributed by atoms with Crippen LogP contribution in [0.4, 0.5) is 18.9 Å². The molecule has 24 heavy (non-hydrogen) atoms. The van der Waals surface area contributed by atoms with Gasteiger partial charge >= 0.3 is 6.18 Å². The molecule has 0 atom stereocenters. The van der Waals surface area contributed by atoms with Crippen LogP contribution in [0.25, 0.3) is 0 Å². The number of pyridine rings is 1. The number of aromatic nitrogens is 1. The number of nitrogens with zero attached hydrogens (tertiary/aromatic N) is 2. The Morgan fingerprint density at radius 1 is 1.12 bits per heavy atom. The van der Waals surface area contributed by atoms with Gasteiger partial charge in [-0.1, -0.05) is 31.5 Å². The lowest BCUT2D eigenvalue weighted by Gasteiger charge is -2.23. The third-order valence-corrected chi connectivity index (χ3v) is 3.65. The minimum Gasteiger partial charge on any atom is -0.308 e. The predicted octanol–water partition coefficient (Wildman–Crippen LogP) is 4.86. The minimum absolute atomic E-state index is 0.0762. The number of unbranched alkanes of at least 4 members (excludes halogenated alkanes) is 1. The summed E-state index contributed by atoms with van der Waals surface area (Å²) in [5.41, 5.74) is -0.0122. The number of hydrogen-bond donors (Lipinski definition) is 0. The average Bonchev–Trinajstić information content (AvgIpc) is 2.55. The summed E-state index contributed by atoms with van der Waals surface area (Å²) >= 11 is 0. The van der Waals surface area contributed by atoms with Crippen molar-refractivity contribution in [2.45, 2.75) is 32.9 Å². The van der Waals surface area contributed by atoms with Crippen LogP contribution in [0.5, 0.6) is 0 Å². The largest absolute Gasteiger partial charge is 0.433 e. The van der Waals surface area contributed by atoms with Gasteiger partial charge in [-0.3, -0.25) is 4.79 Å². The quantitative estimate of drug-likeness (QED) is 0.781. The zero-order valence-corrected chi connectivity index (χ0v) is 13.6. The first kappa shape index (κ1) is 18.0. The number of benzene rings is 1. The molecule has 0 fully saturated rings. The molecule has 0 aliphatic heterocycles. The smallest absolute Gasteiger partial charge is 0.308 e. The van der Waals surface area contributed by atoms with E-state index < -0.39 is 11.9 Å². The van der Waals surface area contributed by atoms with Crippen molar-refractivity contribution in [3.63, 3.8) is 0 Å². The maximum Gasteiger partial charge on any atom is 0.433 e. The first-order valence-electron chi connectivity index (χ1n) is 7.76. The maximum atomic E-state index is 12.8. The van der Waals surface area contributed by atoms with Gasteiger partial charge in [-0.25, -0.2) is 4.98 Å². The van der Waals surface area contributed by atoms with Gasteiger partial charge in [0.2, 0.25) is 0 Å². The number of amides is 1. The summed E-state index contributed by atoms with van der Waals surface area (Å²) in [5, 5.41) is 0. The molecule has 6 heteroatoms. The standard InChI is InChI=1S/C18H19F3N2O/c1-3-4-12-23(14-8-6-5-7-9-14)17(24)15-10-11-16(18(19,20)21)22-13(15)2/h5-11H,3-4,12H2,1-2H3. The van der Waals surface area contributed by atoms with Gasteiger partial charge in [0.05, 0.1) is 11.3 Å². The van der Waals surface area contributed by atoms with Crippen LogP contribution in [0.2, 0.25) is 0 Å². The summed E-state index contributed by atoms with van der Waals surface area (Å²) in [4.78, 5) is 18.0. The Bertz CT molecular complexity index is 699. The fourth-order valence-corrected chi connectivity index (χ4v) is 2.36. The topological polar surface area (TPSA) is 33.2 Å². The Labute approximate surface area is 139 Å². The van der Waals surface area contributed by atoms with E-state index in [1.165, 1.54) is 13.0 Å². The van der Waals surface area contributed by atoms with E-state index in [9.17, 15) is 18.0 Å². The summed E-state index contributed by atoms with van der Waals surface area (Å²) < 4.78 is 38.2. The third-order valence-electron chi connectivity index (χ3n) is 3.65. The predicted molar refractivity (Wildman–Crippen MR) is 87.0 cm³/mol. The molecular formula is C18H19F3N2O. The Kier molecular flexibility index (Phi) is 5.59. The Balaban J connectivity index is 2.36. The molecule has 1 aromatic heterocycles. The van der Waals surface area contributed by atoms with Crippen LogP contribution in [-0.2, 0) is 6.18 Å². The Morgan fingerprint density at radius 2 is 1.79 bits per heavy atom. The molecule has 0 spiro atoms. The van der Waals surface area contributed by atoms with E-state index >= 15 is 0 Å². The van der Waals surface area contributed by atoms with Gasteiger partial charge < -0.3 is 4.90 Å². The van der Waals surface area contributed by atoms with Crippen LogP contribution < -0.4 is 4.90 Å². The molecule has 0 saturated heterocycles. The zero-order chi connectivity index (χ0) is 17.7. The van der Waals surface area contributed by atoms with E-state index in [0.29, 0.717) is 6.54 Å². The van der Waals surface area contributed by atoms with Crippen molar-refractivity contribution in [3.8, 4) is 0 Å². The molecule has 1 heterocycles. The number of para-hydroxylation sites is 1. The van der Waals surface area contributed by atoms with Crippen LogP contribution in [-0.4, -0.2) is 17.4 Å². The van der Waals surface area contributed by atoms with Crippen molar-refractivity contribution in [3.05, 3.63) is 59.4 Å². The molecule has 0 N–H and O–H groups in total. The molecule has 3 nitrogen and oxygen atoms in total. The second kappa shape index (κ2) is 7.47. The van der Waals surface area contributed by atoms with E-state index in [1.54, 1.807) is 17.0 Å². The summed E-state index contributed by atoms with van der Waals surface area (Å²) in [7, 11) is 0. The molecule has 2 aromatic rings. The van der Waals surface area contributed by atoms with Crippen LogP contribution in [0.15, 0.2) is 42.5 Å². The molecule has 0 unspecified atom stereocenters. The van der Waals surface area contributed by atoms with Crippen molar-refractivity contribution < 1.29 is 18.0 Å². The summed E-state index contributed by atoms with van der Waals surface area (Å²) in [5.74, 6) is -0.339. The fourth-order valence-electron chi connectivity index (χ4n) is 2.36. The number of aryl methyl sites for hydroxylation is 1. The lowest BCUT2D eigenvalue weighted by molar-refractivity contribution is -0.141. The monoisotopic (exact) mass is 336 g/mol. The van der Waals surface area contributed by atoms with Crippen LogP contribution in [0.1, 0.15) is 41.5 Å². The van der Waals surface area contributed by atoms with Crippen LogP contribution in [0, 0.1) is 6.92 Å². The second-order valence-electron chi connectivity index (χ2n) is 5.47. The van der Waals surface area contributed by atoms with Crippen molar-refractivity contribution in [2.75, 3.05) is 11.4 Å². The molecule has 1 aromatic carbocycles. The van der Waals surface area contributed by atoms with E-state index in [-0.39, 0.29) is 17.2 Å². The second-order valence-corrected chi connectivity index (χ2v) is 5.47. The SMILES string of the molecule is CCCCN(C(=O)c1ccc(C(F)(F)F)nc1C)c1ccccc1. The van der Waals surface area contributed by atoms with E-state index in [0.717, 1.165) is 24.6 Å². The van der Waals surface area contributed by atoms with Crippen molar-refractivity contribution >= 4 is 11.6 Å². The minimum atomic E-state index is -4.52. The van der Waals surface area contributed by atoms with Gasteiger partial charge in [-0.05, 0) is 37.6 Å². The summed E-state index contributed by atoms with van der Waals surface area (Å²) in [6, 6.07) is 11.1. The molecular weight excluding hydrogens is 317 g/mol. The highest BCUT2D eigenvalue weighted by atomic mass is 19.4. The molecule has 0 bridgehead atoms. The highest BCUT2D eigenvalue weighted by Gasteiger charge is 2.33. The number of anilines is 1. The number of carbonyl (C=O) groups is 1. The first-order valence-corrected chi connectivity index (χ1v) is 7.76. The summed E-state index contributed by atoms with van der Waals surface area (Å²) in [6.07, 6.45) is -2.82. The maximum absolute atomic E-state index is 12.8. The molecule has 0 radical (unpaired) electrons. The molecule has 0 aliphatic carbocycles. The zero-order valence-electron chi connectivity index (χ0n) is 13.6. The van der Waals surface area contributed by atoms with E-state index in [4.69, 9.17) is 0 Å². The molecule has 0 aliphatic rings. The van der Waals surface area contributed by atoms with Gasteiger partial charge in [-0.2, -0.15) is 13.2 Å². The van der Waals surface area contributed by atoms with Crippen LogP contribution >= 0.6 is 0 Å². The Morgan fingerprint density at radius 3 is 2.33 bits per heavy atom. The highest BCUT2D eigenvalue weighted by Crippen LogP contribution is 2.28. The third kappa shape index (κ3) is 4.13. The molecule has 0 saturated carbocycles. The lowest BCUT2D eigenvalue weighted by atomic mass is 10.1. The van der Waals surface area contributed by atoms with Gasteiger partial charge in [0.25, 0.3) is 5.91 Å². The fraction of sp³-hybridized carbons (Fsp3) is 0.333. The first-order chi connectivity index (χ1) is 11.3. The average molecular weight is 336 g/mol. The highest BCUT2D eigenvalue weighted by molar-refractivity contribution is 6.06. The van der Waals surface area contributed by atoms with Crippen molar-refractivity contribution in [1.82, 2.24) is 4.98 Å². The van der Waals surface area contributed by atoms with E-state index in [2.05, 4.69) is 4.98 Å². The van der Waals surface area contributed by atoms with Gasteiger partial charge in [0.15, 0.2) is 0 Å². The number of carbonyl (C=O) groups excluding carboxylic acids is 1. The van der Waals surface area contributed by atoms with Crippen molar-refractivity contribution in [2.24, 2.45) is 0 Å². The molecule has 2 rings (SSSR count). The molecule has 1 amide bonds. The number of hydrogen-bond acceptors (Lipinski definition) is 2. The number of halogens is 3. The van der Waals surface area contributed by atoms with E-state index in [1.807, 2.05) is 25.1 Å².